The minimum atomic E-state index is -0.564. The number of piperidine rings is 1. The van der Waals surface area contributed by atoms with Crippen molar-refractivity contribution in [1.82, 2.24) is 15.1 Å². The zero-order valence-corrected chi connectivity index (χ0v) is 14.3. The van der Waals surface area contributed by atoms with Gasteiger partial charge in [0.25, 0.3) is 5.91 Å². The van der Waals surface area contributed by atoms with Gasteiger partial charge in [0.2, 0.25) is 5.91 Å². The molecule has 26 heavy (non-hydrogen) atoms. The van der Waals surface area contributed by atoms with Crippen molar-refractivity contribution in [2.75, 3.05) is 6.54 Å². The van der Waals surface area contributed by atoms with E-state index in [1.807, 2.05) is 0 Å². The fraction of sp³-hybridized carbons (Fsp3) is 0.316. The molecule has 1 atom stereocenters. The molecule has 1 fully saturated rings. The molecular weight excluding hydrogens is 335 g/mol. The lowest BCUT2D eigenvalue weighted by Crippen LogP contribution is -2.39. The molecule has 1 aliphatic heterocycles. The quantitative estimate of drug-likeness (QED) is 0.863. The summed E-state index contributed by atoms with van der Waals surface area (Å²) in [4.78, 5) is 26.0. The van der Waals surface area contributed by atoms with E-state index < -0.39 is 5.91 Å². The van der Waals surface area contributed by atoms with Crippen LogP contribution in [0, 0.1) is 5.82 Å². The molecule has 0 aliphatic carbocycles. The first kappa shape index (κ1) is 17.8. The zero-order chi connectivity index (χ0) is 18.5. The average molecular weight is 356 g/mol. The van der Waals surface area contributed by atoms with Gasteiger partial charge in [0.1, 0.15) is 5.82 Å². The fourth-order valence-electron chi connectivity index (χ4n) is 3.29. The van der Waals surface area contributed by atoms with Gasteiger partial charge in [0.05, 0.1) is 23.5 Å². The molecule has 136 valence electrons. The Labute approximate surface area is 150 Å². The Kier molecular flexibility index (Phi) is 5.46. The molecule has 3 rings (SSSR count). The Balaban J connectivity index is 1.73. The van der Waals surface area contributed by atoms with Crippen LogP contribution >= 0.6 is 0 Å². The lowest BCUT2D eigenvalue weighted by Gasteiger charge is -2.35. The highest BCUT2D eigenvalue weighted by Crippen LogP contribution is 2.32. The highest BCUT2D eigenvalue weighted by Gasteiger charge is 2.31. The maximum absolute atomic E-state index is 13.6. The van der Waals surface area contributed by atoms with Crippen LogP contribution in [0.1, 0.15) is 53.3 Å². The molecule has 1 saturated heterocycles. The normalized spacial score (nSPS) is 17.6. The number of carbonyl (C=O) groups excluding carboxylic acids is 2. The molecule has 0 radical (unpaired) electrons. The van der Waals surface area contributed by atoms with Gasteiger partial charge < -0.3 is 10.6 Å². The molecule has 1 unspecified atom stereocenters. The van der Waals surface area contributed by atoms with E-state index in [0.29, 0.717) is 23.4 Å². The molecule has 1 aromatic heterocycles. The smallest absolute Gasteiger partial charge is 0.252 e. The molecule has 2 heterocycles. The SMILES string of the molecule is NC(=O)c1cn[nH]c1C1CCCCN1C(=O)CC=Cc1ccccc1F. The number of likely N-dealkylation sites (tertiary alicyclic amines) is 1. The van der Waals surface area contributed by atoms with Crippen LogP contribution in [0.3, 0.4) is 0 Å². The van der Waals surface area contributed by atoms with E-state index in [1.165, 1.54) is 12.3 Å². The Morgan fingerprint density at radius 3 is 2.92 bits per heavy atom. The first-order valence-electron chi connectivity index (χ1n) is 8.61. The number of primary amides is 1. The lowest BCUT2D eigenvalue weighted by molar-refractivity contribution is -0.134. The molecule has 0 spiro atoms. The minimum absolute atomic E-state index is 0.0766. The van der Waals surface area contributed by atoms with Crippen LogP contribution < -0.4 is 5.73 Å². The van der Waals surface area contributed by atoms with Crippen LogP contribution in [0.2, 0.25) is 0 Å². The van der Waals surface area contributed by atoms with Gasteiger partial charge >= 0.3 is 0 Å². The second kappa shape index (κ2) is 7.95. The number of halogens is 1. The molecular formula is C19H21FN4O2. The summed E-state index contributed by atoms with van der Waals surface area (Å²) in [6.07, 6.45) is 7.42. The summed E-state index contributed by atoms with van der Waals surface area (Å²) >= 11 is 0. The second-order valence-electron chi connectivity index (χ2n) is 6.29. The molecule has 1 aliphatic rings. The number of rotatable bonds is 5. The highest BCUT2D eigenvalue weighted by atomic mass is 19.1. The van der Waals surface area contributed by atoms with E-state index in [9.17, 15) is 14.0 Å². The van der Waals surface area contributed by atoms with Crippen LogP contribution in [-0.4, -0.2) is 33.5 Å². The van der Waals surface area contributed by atoms with Gasteiger partial charge in [-0.15, -0.1) is 0 Å². The number of nitrogens with one attached hydrogen (secondary N) is 1. The molecule has 2 amide bonds. The Morgan fingerprint density at radius 2 is 2.15 bits per heavy atom. The van der Waals surface area contributed by atoms with E-state index >= 15 is 0 Å². The van der Waals surface area contributed by atoms with E-state index in [2.05, 4.69) is 10.2 Å². The van der Waals surface area contributed by atoms with Crippen LogP contribution in [0.15, 0.2) is 36.5 Å². The predicted octanol–water partition coefficient (Wildman–Crippen LogP) is 2.80. The maximum Gasteiger partial charge on any atom is 0.252 e. The number of H-pyrrole nitrogens is 1. The van der Waals surface area contributed by atoms with Gasteiger partial charge in [-0.25, -0.2) is 4.39 Å². The van der Waals surface area contributed by atoms with Gasteiger partial charge in [-0.1, -0.05) is 30.4 Å². The highest BCUT2D eigenvalue weighted by molar-refractivity contribution is 5.94. The summed E-state index contributed by atoms with van der Waals surface area (Å²) in [5.74, 6) is -0.964. The molecule has 0 saturated carbocycles. The monoisotopic (exact) mass is 356 g/mol. The summed E-state index contributed by atoms with van der Waals surface area (Å²) in [6, 6.07) is 6.16. The van der Waals surface area contributed by atoms with E-state index in [-0.39, 0.29) is 24.2 Å². The molecule has 7 heteroatoms. The van der Waals surface area contributed by atoms with Crippen molar-refractivity contribution in [1.29, 1.82) is 0 Å². The van der Waals surface area contributed by atoms with E-state index in [0.717, 1.165) is 19.3 Å². The van der Waals surface area contributed by atoms with Crippen molar-refractivity contribution in [3.63, 3.8) is 0 Å². The van der Waals surface area contributed by atoms with Crippen molar-refractivity contribution in [2.24, 2.45) is 5.73 Å². The zero-order valence-electron chi connectivity index (χ0n) is 14.3. The number of benzene rings is 1. The third kappa shape index (κ3) is 3.82. The van der Waals surface area contributed by atoms with Gasteiger partial charge in [0, 0.05) is 18.5 Å². The van der Waals surface area contributed by atoms with Crippen LogP contribution in [-0.2, 0) is 4.79 Å². The van der Waals surface area contributed by atoms with E-state index in [4.69, 9.17) is 5.73 Å². The maximum atomic E-state index is 13.6. The van der Waals surface area contributed by atoms with Crippen molar-refractivity contribution < 1.29 is 14.0 Å². The third-order valence-electron chi connectivity index (χ3n) is 4.59. The molecule has 6 nitrogen and oxygen atoms in total. The van der Waals surface area contributed by atoms with Gasteiger partial charge in [0.15, 0.2) is 0 Å². The minimum Gasteiger partial charge on any atom is -0.365 e. The molecule has 0 bridgehead atoms. The van der Waals surface area contributed by atoms with Crippen molar-refractivity contribution in [3.8, 4) is 0 Å². The van der Waals surface area contributed by atoms with Gasteiger partial charge in [-0.2, -0.15) is 5.10 Å². The average Bonchev–Trinajstić information content (AvgIpc) is 3.13. The van der Waals surface area contributed by atoms with Crippen molar-refractivity contribution in [3.05, 3.63) is 59.2 Å². The van der Waals surface area contributed by atoms with Crippen molar-refractivity contribution >= 4 is 17.9 Å². The molecule has 2 aromatic rings. The van der Waals surface area contributed by atoms with Crippen LogP contribution in [0.25, 0.3) is 6.08 Å². The first-order valence-corrected chi connectivity index (χ1v) is 8.61. The number of hydrogen-bond donors (Lipinski definition) is 2. The molecule has 1 aromatic carbocycles. The fourth-order valence-corrected chi connectivity index (χ4v) is 3.29. The van der Waals surface area contributed by atoms with Crippen LogP contribution in [0.4, 0.5) is 4.39 Å². The third-order valence-corrected chi connectivity index (χ3v) is 4.59. The summed E-state index contributed by atoms with van der Waals surface area (Å²) in [7, 11) is 0. The Morgan fingerprint density at radius 1 is 1.35 bits per heavy atom. The number of nitrogens with two attached hydrogens (primary N) is 1. The molecule has 3 N–H and O–H groups in total. The number of carbonyl (C=O) groups is 2. The number of amides is 2. The topological polar surface area (TPSA) is 92.1 Å². The summed E-state index contributed by atoms with van der Waals surface area (Å²) in [6.45, 7) is 0.605. The number of nitrogens with zero attached hydrogens (tertiary/aromatic N) is 2. The van der Waals surface area contributed by atoms with Crippen LogP contribution in [0.5, 0.6) is 0 Å². The standard InChI is InChI=1S/C19H21FN4O2/c20-15-8-2-1-6-13(15)7-5-10-17(25)24-11-4-3-9-16(24)18-14(19(21)26)12-22-23-18/h1-2,5-8,12,16H,3-4,9-11H2,(H2,21,26)(H,22,23). The summed E-state index contributed by atoms with van der Waals surface area (Å²) in [5.41, 5.74) is 6.74. The second-order valence-corrected chi connectivity index (χ2v) is 6.29. The number of aromatic amines is 1. The number of hydrogen-bond acceptors (Lipinski definition) is 3. The van der Waals surface area contributed by atoms with Gasteiger partial charge in [-0.05, 0) is 25.3 Å². The first-order chi connectivity index (χ1) is 12.6. The summed E-state index contributed by atoms with van der Waals surface area (Å²) in [5, 5.41) is 6.72. The van der Waals surface area contributed by atoms with Crippen molar-refractivity contribution in [2.45, 2.75) is 31.7 Å². The Hall–Kier alpha value is -2.96. The number of aromatic nitrogens is 2. The lowest BCUT2D eigenvalue weighted by atomic mass is 9.96. The Bertz CT molecular complexity index is 830. The van der Waals surface area contributed by atoms with E-state index in [1.54, 1.807) is 35.3 Å². The summed E-state index contributed by atoms with van der Waals surface area (Å²) < 4.78 is 13.6. The largest absolute Gasteiger partial charge is 0.365 e. The van der Waals surface area contributed by atoms with Gasteiger partial charge in [-0.3, -0.25) is 14.7 Å². The predicted molar refractivity (Wildman–Crippen MR) is 95.5 cm³/mol.